The Kier molecular flexibility index (Phi) is 9.77. The molecule has 0 radical (unpaired) electrons. The summed E-state index contributed by atoms with van der Waals surface area (Å²) in [4.78, 5) is 43.5. The molecule has 4 rings (SSSR count). The van der Waals surface area contributed by atoms with Crippen molar-refractivity contribution in [2.24, 2.45) is 12.8 Å². The number of nitrogens with two attached hydrogens (primary N) is 1. The molecule has 2 amide bonds. The van der Waals surface area contributed by atoms with Gasteiger partial charge in [0.15, 0.2) is 5.82 Å². The lowest BCUT2D eigenvalue weighted by Gasteiger charge is -2.24. The zero-order valence-corrected chi connectivity index (χ0v) is 25.5. The van der Waals surface area contributed by atoms with E-state index in [2.05, 4.69) is 27.9 Å². The summed E-state index contributed by atoms with van der Waals surface area (Å²) in [6.07, 6.45) is 4.59. The van der Waals surface area contributed by atoms with Gasteiger partial charge in [0.05, 0.1) is 5.69 Å². The number of rotatable bonds is 11. The number of benzene rings is 3. The van der Waals surface area contributed by atoms with E-state index in [1.54, 1.807) is 37.5 Å². The zero-order chi connectivity index (χ0) is 31.1. The average Bonchev–Trinajstić information content (AvgIpc) is 2.99. The normalized spacial score (nSPS) is 11.2. The van der Waals surface area contributed by atoms with Crippen LogP contribution < -0.4 is 27.2 Å². The van der Waals surface area contributed by atoms with E-state index in [9.17, 15) is 14.4 Å². The number of anilines is 3. The van der Waals surface area contributed by atoms with Crippen molar-refractivity contribution in [3.8, 4) is 11.3 Å². The largest absolute Gasteiger partial charge is 0.346 e. The molecule has 0 aliphatic rings. The molecule has 9 heteroatoms. The Labute approximate surface area is 252 Å². The van der Waals surface area contributed by atoms with Gasteiger partial charge in [0.2, 0.25) is 0 Å². The number of amides is 2. The van der Waals surface area contributed by atoms with E-state index in [-0.39, 0.29) is 23.2 Å². The number of aromatic nitrogens is 2. The Bertz CT molecular complexity index is 1670. The molecule has 0 unspecified atom stereocenters. The third-order valence-corrected chi connectivity index (χ3v) is 7.36. The van der Waals surface area contributed by atoms with Gasteiger partial charge in [-0.3, -0.25) is 14.4 Å². The molecule has 0 bridgehead atoms. The topological polar surface area (TPSA) is 131 Å². The van der Waals surface area contributed by atoms with Crippen molar-refractivity contribution in [1.82, 2.24) is 14.9 Å². The summed E-state index contributed by atoms with van der Waals surface area (Å²) in [5.41, 5.74) is 10.5. The first-order valence-corrected chi connectivity index (χ1v) is 14.5. The fourth-order valence-corrected chi connectivity index (χ4v) is 4.65. The lowest BCUT2D eigenvalue weighted by molar-refractivity contribution is 0.0915. The second-order valence-electron chi connectivity index (χ2n) is 11.3. The second-order valence-corrected chi connectivity index (χ2v) is 11.3. The van der Waals surface area contributed by atoms with Crippen LogP contribution in [0.1, 0.15) is 65.5 Å². The van der Waals surface area contributed by atoms with E-state index in [0.29, 0.717) is 34.7 Å². The van der Waals surface area contributed by atoms with Gasteiger partial charge in [-0.15, -0.1) is 0 Å². The van der Waals surface area contributed by atoms with Crippen LogP contribution >= 0.6 is 0 Å². The maximum absolute atomic E-state index is 13.3. The SMILES string of the molecule is CCCCc1ccccc1C(=O)Nc1cccc(-c2cn(C)c(=O)c(Nc3ccc(C(=O)NC(C)(C)CN)cc3)n2)c1C. The van der Waals surface area contributed by atoms with Crippen LogP contribution in [0.3, 0.4) is 0 Å². The summed E-state index contributed by atoms with van der Waals surface area (Å²) in [6, 6.07) is 20.1. The third kappa shape index (κ3) is 7.55. The molecule has 0 atom stereocenters. The van der Waals surface area contributed by atoms with Gasteiger partial charge in [-0.2, -0.15) is 0 Å². The molecular weight excluding hydrogens is 540 g/mol. The molecule has 224 valence electrons. The summed E-state index contributed by atoms with van der Waals surface area (Å²) in [5, 5.41) is 9.07. The van der Waals surface area contributed by atoms with Crippen LogP contribution in [0.25, 0.3) is 11.3 Å². The maximum atomic E-state index is 13.3. The summed E-state index contributed by atoms with van der Waals surface area (Å²) < 4.78 is 1.47. The van der Waals surface area contributed by atoms with Gasteiger partial charge in [-0.25, -0.2) is 4.98 Å². The van der Waals surface area contributed by atoms with Crippen LogP contribution in [-0.4, -0.2) is 33.4 Å². The predicted octanol–water partition coefficient (Wildman–Crippen LogP) is 5.56. The van der Waals surface area contributed by atoms with Gasteiger partial charge in [0.1, 0.15) is 0 Å². The van der Waals surface area contributed by atoms with E-state index in [4.69, 9.17) is 5.73 Å². The standard InChI is InChI=1S/C34H40N6O3/c1-6-7-11-23-12-8-9-13-27(23)32(42)38-28-15-10-14-26(22(28)2)29-20-40(5)33(43)30(37-29)36-25-18-16-24(17-19-25)31(41)39-34(3,4)21-35/h8-10,12-20H,6-7,11,21,35H2,1-5H3,(H,36,37)(H,38,42)(H,39,41). The van der Waals surface area contributed by atoms with Crippen molar-refractivity contribution >= 4 is 29.0 Å². The Morgan fingerprint density at radius 1 is 0.977 bits per heavy atom. The van der Waals surface area contributed by atoms with Crippen molar-refractivity contribution in [3.63, 3.8) is 0 Å². The molecule has 0 aliphatic carbocycles. The number of hydrogen-bond donors (Lipinski definition) is 4. The highest BCUT2D eigenvalue weighted by Crippen LogP contribution is 2.28. The smallest absolute Gasteiger partial charge is 0.293 e. The molecule has 0 spiro atoms. The minimum absolute atomic E-state index is 0.139. The molecule has 1 aromatic heterocycles. The van der Waals surface area contributed by atoms with Gasteiger partial charge >= 0.3 is 0 Å². The zero-order valence-electron chi connectivity index (χ0n) is 25.5. The van der Waals surface area contributed by atoms with E-state index >= 15 is 0 Å². The first-order chi connectivity index (χ1) is 20.5. The van der Waals surface area contributed by atoms with Gasteiger partial charge < -0.3 is 26.3 Å². The number of carbonyl (C=O) groups is 2. The lowest BCUT2D eigenvalue weighted by Crippen LogP contribution is -2.48. The van der Waals surface area contributed by atoms with Crippen molar-refractivity contribution in [1.29, 1.82) is 0 Å². The van der Waals surface area contributed by atoms with Crippen molar-refractivity contribution in [2.75, 3.05) is 17.2 Å². The average molecular weight is 581 g/mol. The van der Waals surface area contributed by atoms with E-state index in [1.165, 1.54) is 4.57 Å². The fourth-order valence-electron chi connectivity index (χ4n) is 4.65. The highest BCUT2D eigenvalue weighted by molar-refractivity contribution is 6.06. The molecular formula is C34H40N6O3. The number of hydrogen-bond acceptors (Lipinski definition) is 6. The highest BCUT2D eigenvalue weighted by atomic mass is 16.2. The summed E-state index contributed by atoms with van der Waals surface area (Å²) in [6.45, 7) is 8.07. The van der Waals surface area contributed by atoms with Crippen LogP contribution in [0.2, 0.25) is 0 Å². The summed E-state index contributed by atoms with van der Waals surface area (Å²) >= 11 is 0. The van der Waals surface area contributed by atoms with Crippen molar-refractivity contribution < 1.29 is 9.59 Å². The molecule has 5 N–H and O–H groups in total. The van der Waals surface area contributed by atoms with Crippen LogP contribution in [-0.2, 0) is 13.5 Å². The molecule has 1 heterocycles. The Balaban J connectivity index is 1.58. The van der Waals surface area contributed by atoms with Crippen LogP contribution in [0.15, 0.2) is 77.7 Å². The quantitative estimate of drug-likeness (QED) is 0.184. The number of unbranched alkanes of at least 4 members (excludes halogenated alkanes) is 1. The molecule has 43 heavy (non-hydrogen) atoms. The number of carbonyl (C=O) groups excluding carboxylic acids is 2. The maximum Gasteiger partial charge on any atom is 0.293 e. The number of aryl methyl sites for hydroxylation is 2. The monoisotopic (exact) mass is 580 g/mol. The van der Waals surface area contributed by atoms with E-state index in [1.807, 2.05) is 63.2 Å². The van der Waals surface area contributed by atoms with Crippen LogP contribution in [0.4, 0.5) is 17.2 Å². The van der Waals surface area contributed by atoms with Crippen molar-refractivity contribution in [2.45, 2.75) is 52.5 Å². The molecule has 0 saturated carbocycles. The Morgan fingerprint density at radius 3 is 2.40 bits per heavy atom. The number of nitrogens with one attached hydrogen (secondary N) is 3. The van der Waals surface area contributed by atoms with Gasteiger partial charge in [-0.1, -0.05) is 43.7 Å². The van der Waals surface area contributed by atoms with Crippen molar-refractivity contribution in [3.05, 3.63) is 106 Å². The summed E-state index contributed by atoms with van der Waals surface area (Å²) in [7, 11) is 1.67. The first-order valence-electron chi connectivity index (χ1n) is 14.5. The van der Waals surface area contributed by atoms with Crippen LogP contribution in [0, 0.1) is 6.92 Å². The molecule has 0 saturated heterocycles. The molecule has 3 aromatic carbocycles. The molecule has 9 nitrogen and oxygen atoms in total. The second kappa shape index (κ2) is 13.5. The van der Waals surface area contributed by atoms with Gasteiger partial charge in [-0.05, 0) is 81.1 Å². The Morgan fingerprint density at radius 2 is 1.70 bits per heavy atom. The van der Waals surface area contributed by atoms with E-state index < -0.39 is 5.54 Å². The first kappa shape index (κ1) is 31.2. The number of nitrogens with zero attached hydrogens (tertiary/aromatic N) is 2. The Hall–Kier alpha value is -4.76. The molecule has 0 fully saturated rings. The molecule has 0 aliphatic heterocycles. The highest BCUT2D eigenvalue weighted by Gasteiger charge is 2.20. The predicted molar refractivity (Wildman–Crippen MR) is 173 cm³/mol. The lowest BCUT2D eigenvalue weighted by atomic mass is 10.0. The third-order valence-electron chi connectivity index (χ3n) is 7.36. The van der Waals surface area contributed by atoms with E-state index in [0.717, 1.165) is 36.0 Å². The molecule has 4 aromatic rings. The van der Waals surface area contributed by atoms with Gasteiger partial charge in [0, 0.05) is 53.4 Å². The van der Waals surface area contributed by atoms with Crippen LogP contribution in [0.5, 0.6) is 0 Å². The minimum Gasteiger partial charge on any atom is -0.346 e. The summed E-state index contributed by atoms with van der Waals surface area (Å²) in [5.74, 6) is -0.253. The minimum atomic E-state index is -0.526. The van der Waals surface area contributed by atoms with Gasteiger partial charge in [0.25, 0.3) is 17.4 Å². The fraction of sp³-hybridized carbons (Fsp3) is 0.294.